The van der Waals surface area contributed by atoms with Gasteiger partial charge in [0.2, 0.25) is 0 Å². The zero-order valence-corrected chi connectivity index (χ0v) is 16.4. The molecule has 0 heterocycles. The second-order valence-electron chi connectivity index (χ2n) is 6.53. The molecular weight excluding hydrogens is 417 g/mol. The molecule has 6 heteroatoms. The summed E-state index contributed by atoms with van der Waals surface area (Å²) in [7, 11) is 0. The summed E-state index contributed by atoms with van der Waals surface area (Å²) in [5, 5.41) is 14.3. The van der Waals surface area contributed by atoms with Crippen molar-refractivity contribution in [1.29, 1.82) is 0 Å². The van der Waals surface area contributed by atoms with E-state index in [4.69, 9.17) is 39.8 Å². The monoisotopic (exact) mass is 425 g/mol. The predicted octanol–water partition coefficient (Wildman–Crippen LogP) is 6.23. The van der Waals surface area contributed by atoms with Crippen molar-refractivity contribution >= 4 is 62.0 Å². The molecule has 0 aliphatic heterocycles. The van der Waals surface area contributed by atoms with Crippen molar-refractivity contribution in [2.45, 2.75) is 0 Å². The van der Waals surface area contributed by atoms with Gasteiger partial charge in [0, 0.05) is 33.4 Å². The van der Waals surface area contributed by atoms with Gasteiger partial charge in [0.1, 0.15) is 5.75 Å². The van der Waals surface area contributed by atoms with Crippen molar-refractivity contribution in [2.75, 3.05) is 0 Å². The van der Waals surface area contributed by atoms with Crippen LogP contribution in [-0.2, 0) is 0 Å². The van der Waals surface area contributed by atoms with Crippen LogP contribution in [-0.4, -0.2) is 5.11 Å². The van der Waals surface area contributed by atoms with E-state index < -0.39 is 0 Å². The summed E-state index contributed by atoms with van der Waals surface area (Å²) in [5.41, 5.74) is 1.66. The van der Waals surface area contributed by atoms with E-state index >= 15 is 0 Å². The Labute approximate surface area is 174 Å². The summed E-state index contributed by atoms with van der Waals surface area (Å²) < 4.78 is 0. The maximum Gasteiger partial charge on any atom is 0.189 e. The highest BCUT2D eigenvalue weighted by Crippen LogP contribution is 2.46. The first-order valence-electron chi connectivity index (χ1n) is 8.41. The number of nitrogens with zero attached hydrogens (tertiary/aromatic N) is 1. The third-order valence-corrected chi connectivity index (χ3v) is 5.80. The van der Waals surface area contributed by atoms with Gasteiger partial charge < -0.3 is 5.11 Å². The summed E-state index contributed by atoms with van der Waals surface area (Å²) in [6, 6.07) is 15.6. The minimum atomic E-state index is -0.280. The first-order chi connectivity index (χ1) is 13.5. The number of para-hydroxylation sites is 1. The van der Waals surface area contributed by atoms with Crippen molar-refractivity contribution in [3.63, 3.8) is 0 Å². The van der Waals surface area contributed by atoms with Crippen LogP contribution in [0.15, 0.2) is 64.4 Å². The molecule has 1 N–H and O–H groups in total. The van der Waals surface area contributed by atoms with Gasteiger partial charge in [-0.2, -0.15) is 0 Å². The Hall–Kier alpha value is -2.59. The molecule has 28 heavy (non-hydrogen) atoms. The van der Waals surface area contributed by atoms with Crippen LogP contribution in [0.5, 0.6) is 5.75 Å². The molecule has 2 aliphatic carbocycles. The third kappa shape index (κ3) is 2.44. The molecular formula is C22H10Cl3NO2. The van der Waals surface area contributed by atoms with Crippen LogP contribution in [0.1, 0.15) is 0 Å². The van der Waals surface area contributed by atoms with Crippen molar-refractivity contribution < 1.29 is 5.11 Å². The molecule has 0 spiro atoms. The predicted molar refractivity (Wildman–Crippen MR) is 115 cm³/mol. The molecule has 0 aromatic heterocycles. The Bertz CT molecular complexity index is 1470. The van der Waals surface area contributed by atoms with E-state index in [2.05, 4.69) is 0 Å². The summed E-state index contributed by atoms with van der Waals surface area (Å²) in [5.74, 6) is -0.0230. The maximum atomic E-state index is 12.6. The molecule has 0 bridgehead atoms. The lowest BCUT2D eigenvalue weighted by atomic mass is 9.88. The van der Waals surface area contributed by atoms with E-state index in [0.717, 1.165) is 5.69 Å². The van der Waals surface area contributed by atoms with Crippen LogP contribution in [0.25, 0.3) is 32.7 Å². The molecule has 5 rings (SSSR count). The van der Waals surface area contributed by atoms with Gasteiger partial charge in [-0.1, -0.05) is 53.0 Å². The van der Waals surface area contributed by atoms with Gasteiger partial charge in [0.15, 0.2) is 5.43 Å². The topological polar surface area (TPSA) is 49.7 Å². The molecule has 2 aliphatic rings. The zero-order chi connectivity index (χ0) is 19.6. The van der Waals surface area contributed by atoms with E-state index in [-0.39, 0.29) is 11.2 Å². The van der Waals surface area contributed by atoms with Crippen molar-refractivity contribution in [1.82, 2.24) is 0 Å². The van der Waals surface area contributed by atoms with E-state index in [1.807, 2.05) is 30.3 Å². The second-order valence-corrected chi connectivity index (χ2v) is 7.75. The van der Waals surface area contributed by atoms with Gasteiger partial charge in [-0.3, -0.25) is 4.79 Å². The van der Waals surface area contributed by atoms with Crippen LogP contribution in [0.3, 0.4) is 0 Å². The number of aromatic hydroxyl groups is 1. The molecule has 0 fully saturated rings. The lowest BCUT2D eigenvalue weighted by Gasteiger charge is -2.19. The van der Waals surface area contributed by atoms with Gasteiger partial charge in [-0.25, -0.2) is 4.99 Å². The van der Waals surface area contributed by atoms with Crippen molar-refractivity contribution in [3.05, 3.63) is 85.2 Å². The number of phenols is 1. The van der Waals surface area contributed by atoms with Gasteiger partial charge in [0.05, 0.1) is 31.5 Å². The molecule has 0 amide bonds. The quantitative estimate of drug-likeness (QED) is 0.323. The molecule has 0 unspecified atom stereocenters. The van der Waals surface area contributed by atoms with Crippen LogP contribution in [0, 0.1) is 0 Å². The van der Waals surface area contributed by atoms with Gasteiger partial charge in [-0.15, -0.1) is 0 Å². The maximum absolute atomic E-state index is 12.6. The molecule has 0 saturated heterocycles. The number of benzene rings is 5. The number of rotatable bonds is 1. The summed E-state index contributed by atoms with van der Waals surface area (Å²) in [6.45, 7) is 0. The van der Waals surface area contributed by atoms with Crippen LogP contribution in [0.4, 0.5) is 5.69 Å². The highest BCUT2D eigenvalue weighted by atomic mass is 35.5. The minimum absolute atomic E-state index is 0.0230. The molecule has 0 saturated carbocycles. The smallest absolute Gasteiger partial charge is 0.189 e. The lowest BCUT2D eigenvalue weighted by Crippen LogP contribution is -2.11. The summed E-state index contributed by atoms with van der Waals surface area (Å²) >= 11 is 19.2. The highest BCUT2D eigenvalue weighted by molar-refractivity contribution is 6.43. The Kier molecular flexibility index (Phi) is 3.88. The first kappa shape index (κ1) is 17.5. The van der Waals surface area contributed by atoms with Crippen LogP contribution >= 0.6 is 34.8 Å². The number of phenolic OH excluding ortho intramolecular Hbond substituents is 1. The Morgan fingerprint density at radius 1 is 0.786 bits per heavy atom. The molecule has 3 aromatic rings. The average molecular weight is 427 g/mol. The number of hydrogen-bond acceptors (Lipinski definition) is 3. The molecule has 0 radical (unpaired) electrons. The first-order valence-corrected chi connectivity index (χ1v) is 9.55. The fourth-order valence-corrected chi connectivity index (χ4v) is 4.53. The van der Waals surface area contributed by atoms with E-state index in [0.29, 0.717) is 53.1 Å². The van der Waals surface area contributed by atoms with Crippen LogP contribution < -0.4 is 10.8 Å². The largest absolute Gasteiger partial charge is 0.507 e. The molecule has 3 nitrogen and oxygen atoms in total. The Morgan fingerprint density at radius 3 is 2.29 bits per heavy atom. The minimum Gasteiger partial charge on any atom is -0.507 e. The summed E-state index contributed by atoms with van der Waals surface area (Å²) in [6.07, 6.45) is 0. The molecule has 3 aromatic carbocycles. The molecule has 0 atom stereocenters. The van der Waals surface area contributed by atoms with Gasteiger partial charge in [0.25, 0.3) is 0 Å². The Morgan fingerprint density at radius 2 is 1.54 bits per heavy atom. The van der Waals surface area contributed by atoms with E-state index in [1.54, 1.807) is 12.1 Å². The lowest BCUT2D eigenvalue weighted by molar-refractivity contribution is 0.481. The van der Waals surface area contributed by atoms with Gasteiger partial charge >= 0.3 is 0 Å². The second kappa shape index (κ2) is 6.21. The molecule has 136 valence electrons. The highest BCUT2D eigenvalue weighted by Gasteiger charge is 2.24. The SMILES string of the molecule is O=c1cc(Cl)c2cc(=Nc3ccccc3)c3c(O)cc(Cl)c4cc(Cl)c1c-2c43. The van der Waals surface area contributed by atoms with E-state index in [9.17, 15) is 9.90 Å². The van der Waals surface area contributed by atoms with Crippen molar-refractivity contribution in [3.8, 4) is 16.9 Å². The fourth-order valence-electron chi connectivity index (χ4n) is 3.73. The summed E-state index contributed by atoms with van der Waals surface area (Å²) in [4.78, 5) is 17.3. The van der Waals surface area contributed by atoms with Crippen molar-refractivity contribution in [2.24, 2.45) is 4.99 Å². The standard InChI is InChI=1S/C22H10Cl3NO2/c23-13-9-18(28)22-16(26-10-4-2-1-3-5-10)7-12-14(24)8-17(27)21-15(25)6-11(13)20(22)19(12)21/h1-9,28H. The average Bonchev–Trinajstić information content (AvgIpc) is 2.65. The normalized spacial score (nSPS) is 12.6. The number of hydrogen-bond donors (Lipinski definition) is 1. The van der Waals surface area contributed by atoms with Gasteiger partial charge in [-0.05, 0) is 30.3 Å². The zero-order valence-electron chi connectivity index (χ0n) is 14.1. The third-order valence-electron chi connectivity index (χ3n) is 4.88. The Balaban J connectivity index is 2.13. The number of halogens is 3. The van der Waals surface area contributed by atoms with E-state index in [1.165, 1.54) is 12.1 Å². The van der Waals surface area contributed by atoms with Crippen LogP contribution in [0.2, 0.25) is 15.1 Å². The fraction of sp³-hybridized carbons (Fsp3) is 0.